The highest BCUT2D eigenvalue weighted by molar-refractivity contribution is 5.92. The maximum absolute atomic E-state index is 12.1. The Balaban J connectivity index is 1.86. The highest BCUT2D eigenvalue weighted by atomic mass is 16.1. The lowest BCUT2D eigenvalue weighted by Gasteiger charge is -2.26. The smallest absolute Gasteiger partial charge is 0.270 e. The van der Waals surface area contributed by atoms with E-state index >= 15 is 0 Å². The molecule has 1 saturated carbocycles. The van der Waals surface area contributed by atoms with E-state index < -0.39 is 0 Å². The van der Waals surface area contributed by atoms with Crippen LogP contribution in [0.1, 0.15) is 35.3 Å². The molecule has 19 heavy (non-hydrogen) atoms. The highest BCUT2D eigenvalue weighted by Gasteiger charge is 2.21. The third kappa shape index (κ3) is 2.50. The van der Waals surface area contributed by atoms with Crippen molar-refractivity contribution < 1.29 is 4.79 Å². The fourth-order valence-electron chi connectivity index (χ4n) is 2.10. The molecule has 1 fully saturated rings. The van der Waals surface area contributed by atoms with Crippen molar-refractivity contribution in [3.63, 3.8) is 0 Å². The first-order chi connectivity index (χ1) is 9.22. The zero-order valence-electron chi connectivity index (χ0n) is 10.8. The van der Waals surface area contributed by atoms with Crippen LogP contribution in [0.4, 0.5) is 0 Å². The van der Waals surface area contributed by atoms with Gasteiger partial charge in [0.05, 0.1) is 0 Å². The summed E-state index contributed by atoms with van der Waals surface area (Å²) in [6.45, 7) is 1.96. The Morgan fingerprint density at radius 3 is 2.89 bits per heavy atom. The standard InChI is InChI=1S/C14H16N4O/c1-10-7-12(14(19)16-11-3-2-4-11)17-13(8-10)18-6-5-15-9-18/h5-9,11H,2-4H2,1H3,(H,16,19). The quantitative estimate of drug-likeness (QED) is 0.911. The second kappa shape index (κ2) is 4.84. The van der Waals surface area contributed by atoms with Gasteiger partial charge in [-0.15, -0.1) is 0 Å². The van der Waals surface area contributed by atoms with E-state index in [1.54, 1.807) is 17.1 Å². The molecule has 1 aliphatic carbocycles. The molecule has 0 bridgehead atoms. The van der Waals surface area contributed by atoms with Crippen LogP contribution in [0.3, 0.4) is 0 Å². The van der Waals surface area contributed by atoms with Gasteiger partial charge in [-0.25, -0.2) is 9.97 Å². The lowest BCUT2D eigenvalue weighted by molar-refractivity contribution is 0.0911. The number of carbonyl (C=O) groups is 1. The van der Waals surface area contributed by atoms with Crippen molar-refractivity contribution in [1.29, 1.82) is 0 Å². The monoisotopic (exact) mass is 256 g/mol. The first-order valence-corrected chi connectivity index (χ1v) is 6.50. The summed E-state index contributed by atoms with van der Waals surface area (Å²) >= 11 is 0. The van der Waals surface area contributed by atoms with Gasteiger partial charge in [-0.2, -0.15) is 0 Å². The molecular formula is C14H16N4O. The van der Waals surface area contributed by atoms with Crippen LogP contribution in [0, 0.1) is 6.92 Å². The van der Waals surface area contributed by atoms with Gasteiger partial charge in [0.2, 0.25) is 0 Å². The van der Waals surface area contributed by atoms with Gasteiger partial charge >= 0.3 is 0 Å². The van der Waals surface area contributed by atoms with E-state index in [1.165, 1.54) is 6.42 Å². The first-order valence-electron chi connectivity index (χ1n) is 6.50. The normalized spacial score (nSPS) is 15.0. The number of nitrogens with zero attached hydrogens (tertiary/aromatic N) is 3. The van der Waals surface area contributed by atoms with E-state index in [1.807, 2.05) is 25.3 Å². The van der Waals surface area contributed by atoms with E-state index in [2.05, 4.69) is 15.3 Å². The fourth-order valence-corrected chi connectivity index (χ4v) is 2.10. The van der Waals surface area contributed by atoms with Crippen LogP contribution in [0.15, 0.2) is 30.9 Å². The van der Waals surface area contributed by atoms with E-state index in [0.717, 1.165) is 24.2 Å². The molecule has 1 aliphatic rings. The Kier molecular flexibility index (Phi) is 3.03. The molecule has 1 amide bonds. The number of hydrogen-bond donors (Lipinski definition) is 1. The van der Waals surface area contributed by atoms with Gasteiger partial charge in [0.1, 0.15) is 17.8 Å². The third-order valence-electron chi connectivity index (χ3n) is 3.40. The summed E-state index contributed by atoms with van der Waals surface area (Å²) in [5, 5.41) is 3.01. The molecule has 0 spiro atoms. The molecule has 1 N–H and O–H groups in total. The minimum absolute atomic E-state index is 0.0882. The van der Waals surface area contributed by atoms with E-state index in [9.17, 15) is 4.79 Å². The largest absolute Gasteiger partial charge is 0.348 e. The molecule has 0 unspecified atom stereocenters. The fraction of sp³-hybridized carbons (Fsp3) is 0.357. The van der Waals surface area contributed by atoms with Crippen molar-refractivity contribution in [2.24, 2.45) is 0 Å². The molecule has 2 aromatic rings. The van der Waals surface area contributed by atoms with Crippen LogP contribution in [0.5, 0.6) is 0 Å². The minimum atomic E-state index is -0.0882. The van der Waals surface area contributed by atoms with Gasteiger partial charge in [-0.1, -0.05) is 0 Å². The molecule has 0 radical (unpaired) electrons. The topological polar surface area (TPSA) is 59.8 Å². The van der Waals surface area contributed by atoms with Crippen LogP contribution in [0.2, 0.25) is 0 Å². The van der Waals surface area contributed by atoms with Gasteiger partial charge < -0.3 is 5.32 Å². The molecular weight excluding hydrogens is 240 g/mol. The highest BCUT2D eigenvalue weighted by Crippen LogP contribution is 2.18. The number of nitrogens with one attached hydrogen (secondary N) is 1. The van der Waals surface area contributed by atoms with Crippen molar-refractivity contribution >= 4 is 5.91 Å². The van der Waals surface area contributed by atoms with Crippen LogP contribution in [0.25, 0.3) is 5.82 Å². The Labute approximate surface area is 111 Å². The molecule has 3 rings (SSSR count). The average Bonchev–Trinajstić information content (AvgIpc) is 2.86. The molecule has 5 nitrogen and oxygen atoms in total. The number of imidazole rings is 1. The van der Waals surface area contributed by atoms with Crippen LogP contribution < -0.4 is 5.32 Å². The van der Waals surface area contributed by atoms with E-state index in [4.69, 9.17) is 0 Å². The van der Waals surface area contributed by atoms with Crippen molar-refractivity contribution in [3.05, 3.63) is 42.1 Å². The third-order valence-corrected chi connectivity index (χ3v) is 3.40. The average molecular weight is 256 g/mol. The van der Waals surface area contributed by atoms with Crippen molar-refractivity contribution in [3.8, 4) is 5.82 Å². The molecule has 0 aliphatic heterocycles. The van der Waals surface area contributed by atoms with Crippen molar-refractivity contribution in [2.45, 2.75) is 32.2 Å². The van der Waals surface area contributed by atoms with Crippen LogP contribution in [-0.2, 0) is 0 Å². The van der Waals surface area contributed by atoms with Gasteiger partial charge in [0.15, 0.2) is 0 Å². The number of carbonyl (C=O) groups excluding carboxylic acids is 1. The lowest BCUT2D eigenvalue weighted by atomic mass is 9.93. The summed E-state index contributed by atoms with van der Waals surface area (Å²) in [6, 6.07) is 4.07. The van der Waals surface area contributed by atoms with E-state index in [-0.39, 0.29) is 5.91 Å². The maximum atomic E-state index is 12.1. The lowest BCUT2D eigenvalue weighted by Crippen LogP contribution is -2.39. The Hall–Kier alpha value is -2.17. The Bertz CT molecular complexity index is 587. The van der Waals surface area contributed by atoms with Crippen LogP contribution in [-0.4, -0.2) is 26.5 Å². The zero-order valence-corrected chi connectivity index (χ0v) is 10.8. The Morgan fingerprint density at radius 1 is 1.42 bits per heavy atom. The molecule has 0 saturated heterocycles. The SMILES string of the molecule is Cc1cc(C(=O)NC2CCC2)nc(-n2ccnc2)c1. The number of hydrogen-bond acceptors (Lipinski definition) is 3. The molecule has 2 aromatic heterocycles. The summed E-state index contributed by atoms with van der Waals surface area (Å²) < 4.78 is 1.80. The van der Waals surface area contributed by atoms with Crippen molar-refractivity contribution in [2.75, 3.05) is 0 Å². The molecule has 98 valence electrons. The predicted octanol–water partition coefficient (Wildman–Crippen LogP) is 1.86. The second-order valence-electron chi connectivity index (χ2n) is 4.96. The number of aryl methyl sites for hydroxylation is 1. The number of aromatic nitrogens is 3. The minimum Gasteiger partial charge on any atom is -0.348 e. The molecule has 0 aromatic carbocycles. The number of rotatable bonds is 3. The van der Waals surface area contributed by atoms with Crippen LogP contribution >= 0.6 is 0 Å². The molecule has 2 heterocycles. The van der Waals surface area contributed by atoms with Gasteiger partial charge in [-0.3, -0.25) is 9.36 Å². The summed E-state index contributed by atoms with van der Waals surface area (Å²) in [5.74, 6) is 0.631. The predicted molar refractivity (Wildman–Crippen MR) is 71.2 cm³/mol. The number of amides is 1. The van der Waals surface area contributed by atoms with Gasteiger partial charge in [0, 0.05) is 18.4 Å². The zero-order chi connectivity index (χ0) is 13.2. The Morgan fingerprint density at radius 2 is 2.26 bits per heavy atom. The molecule has 5 heteroatoms. The summed E-state index contributed by atoms with van der Waals surface area (Å²) in [4.78, 5) is 20.5. The van der Waals surface area contributed by atoms with E-state index in [0.29, 0.717) is 11.7 Å². The first kappa shape index (κ1) is 11.9. The van der Waals surface area contributed by atoms with Gasteiger partial charge in [-0.05, 0) is 43.9 Å². The summed E-state index contributed by atoms with van der Waals surface area (Å²) in [6.07, 6.45) is 8.53. The maximum Gasteiger partial charge on any atom is 0.270 e. The number of pyridine rings is 1. The summed E-state index contributed by atoms with van der Waals surface area (Å²) in [5.41, 5.74) is 1.48. The molecule has 0 atom stereocenters. The second-order valence-corrected chi connectivity index (χ2v) is 4.96. The van der Waals surface area contributed by atoms with Gasteiger partial charge in [0.25, 0.3) is 5.91 Å². The van der Waals surface area contributed by atoms with Crippen molar-refractivity contribution in [1.82, 2.24) is 19.9 Å². The summed E-state index contributed by atoms with van der Waals surface area (Å²) in [7, 11) is 0.